The van der Waals surface area contributed by atoms with Gasteiger partial charge in [-0.15, -0.1) is 0 Å². The van der Waals surface area contributed by atoms with Crippen molar-refractivity contribution in [3.8, 4) is 0 Å². The summed E-state index contributed by atoms with van der Waals surface area (Å²) >= 11 is 0. The number of hydrogen-bond acceptors (Lipinski definition) is 5. The molecule has 1 aromatic carbocycles. The first-order valence-electron chi connectivity index (χ1n) is 9.29. The van der Waals surface area contributed by atoms with Crippen LogP contribution in [0, 0.1) is 5.82 Å². The monoisotopic (exact) mass is 405 g/mol. The van der Waals surface area contributed by atoms with Gasteiger partial charge in [-0.05, 0) is 49.6 Å². The molecule has 150 valence electrons. The molecule has 2 saturated heterocycles. The lowest BCUT2D eigenvalue weighted by Gasteiger charge is -2.47. The van der Waals surface area contributed by atoms with E-state index in [1.165, 1.54) is 16.4 Å². The predicted octanol–water partition coefficient (Wildman–Crippen LogP) is 1.88. The predicted molar refractivity (Wildman–Crippen MR) is 106 cm³/mol. The van der Waals surface area contributed by atoms with Crippen molar-refractivity contribution in [2.75, 3.05) is 23.1 Å². The average molecular weight is 405 g/mol. The fourth-order valence-electron chi connectivity index (χ4n) is 4.33. The van der Waals surface area contributed by atoms with Gasteiger partial charge in [-0.1, -0.05) is 12.1 Å². The SMILES string of the molecule is C[C@H]1C[C@]2(CCN1Cc1ccc(N)nc1)CNS(=O)(=O)N2c1cccc(F)c1. The lowest BCUT2D eigenvalue weighted by molar-refractivity contribution is 0.106. The summed E-state index contributed by atoms with van der Waals surface area (Å²) in [5, 5.41) is 0. The van der Waals surface area contributed by atoms with Crippen LogP contribution in [0.2, 0.25) is 0 Å². The van der Waals surface area contributed by atoms with Gasteiger partial charge in [-0.2, -0.15) is 13.1 Å². The third-order valence-corrected chi connectivity index (χ3v) is 7.28. The highest BCUT2D eigenvalue weighted by atomic mass is 32.2. The van der Waals surface area contributed by atoms with Crippen LogP contribution in [0.25, 0.3) is 0 Å². The number of benzene rings is 1. The Kier molecular flexibility index (Phi) is 4.76. The minimum Gasteiger partial charge on any atom is -0.384 e. The molecule has 2 atom stereocenters. The van der Waals surface area contributed by atoms with Gasteiger partial charge in [-0.3, -0.25) is 9.21 Å². The zero-order chi connectivity index (χ0) is 19.9. The number of piperidine rings is 1. The summed E-state index contributed by atoms with van der Waals surface area (Å²) in [5.74, 6) is 0.0402. The van der Waals surface area contributed by atoms with E-state index in [1.54, 1.807) is 24.4 Å². The zero-order valence-corrected chi connectivity index (χ0v) is 16.5. The summed E-state index contributed by atoms with van der Waals surface area (Å²) in [4.78, 5) is 6.45. The number of halogens is 1. The van der Waals surface area contributed by atoms with Gasteiger partial charge in [0.25, 0.3) is 0 Å². The molecule has 7 nitrogen and oxygen atoms in total. The van der Waals surface area contributed by atoms with Crippen LogP contribution in [0.4, 0.5) is 15.9 Å². The molecule has 0 bridgehead atoms. The van der Waals surface area contributed by atoms with E-state index in [1.807, 2.05) is 6.07 Å². The van der Waals surface area contributed by atoms with E-state index in [9.17, 15) is 12.8 Å². The van der Waals surface area contributed by atoms with E-state index in [2.05, 4.69) is 21.5 Å². The lowest BCUT2D eigenvalue weighted by Crippen LogP contribution is -2.57. The number of pyridine rings is 1. The van der Waals surface area contributed by atoms with Gasteiger partial charge in [0.15, 0.2) is 0 Å². The van der Waals surface area contributed by atoms with E-state index in [0.29, 0.717) is 30.9 Å². The Labute approximate surface area is 164 Å². The molecule has 3 N–H and O–H groups in total. The van der Waals surface area contributed by atoms with E-state index in [0.717, 1.165) is 18.7 Å². The van der Waals surface area contributed by atoms with Crippen LogP contribution in [-0.4, -0.2) is 43.0 Å². The minimum absolute atomic E-state index is 0.150. The Balaban J connectivity index is 1.57. The molecule has 4 rings (SSSR count). The molecule has 1 spiro atoms. The molecule has 0 amide bonds. The van der Waals surface area contributed by atoms with Crippen molar-refractivity contribution < 1.29 is 12.8 Å². The second-order valence-electron chi connectivity index (χ2n) is 7.66. The summed E-state index contributed by atoms with van der Waals surface area (Å²) < 4.78 is 43.2. The summed E-state index contributed by atoms with van der Waals surface area (Å²) in [7, 11) is -3.70. The Morgan fingerprint density at radius 3 is 2.86 bits per heavy atom. The standard InChI is InChI=1S/C19H24FN5O2S/c1-14-10-19(7-8-24(14)12-15-5-6-18(21)22-11-15)13-23-28(26,27)25(19)17-4-2-3-16(20)9-17/h2-6,9,11,14,23H,7-8,10,12-13H2,1H3,(H2,21,22)/t14-,19+/m0/s1. The molecule has 1 aromatic heterocycles. The number of rotatable bonds is 3. The molecule has 0 saturated carbocycles. The van der Waals surface area contributed by atoms with Crippen LogP contribution in [0.15, 0.2) is 42.6 Å². The van der Waals surface area contributed by atoms with Crippen molar-refractivity contribution >= 4 is 21.7 Å². The zero-order valence-electron chi connectivity index (χ0n) is 15.7. The Bertz CT molecular complexity index is 969. The Hall–Kier alpha value is -2.23. The fraction of sp³-hybridized carbons (Fsp3) is 0.421. The van der Waals surface area contributed by atoms with Crippen molar-refractivity contribution in [3.05, 3.63) is 54.0 Å². The first kappa shape index (κ1) is 19.1. The second kappa shape index (κ2) is 6.98. The molecular weight excluding hydrogens is 381 g/mol. The molecule has 0 radical (unpaired) electrons. The van der Waals surface area contributed by atoms with Crippen LogP contribution < -0.4 is 14.8 Å². The molecule has 9 heteroatoms. The second-order valence-corrected chi connectivity index (χ2v) is 9.26. The van der Waals surface area contributed by atoms with Crippen molar-refractivity contribution in [3.63, 3.8) is 0 Å². The van der Waals surface area contributed by atoms with Crippen LogP contribution >= 0.6 is 0 Å². The molecule has 2 aliphatic heterocycles. The number of aromatic nitrogens is 1. The normalized spacial score (nSPS) is 27.4. The summed E-state index contributed by atoms with van der Waals surface area (Å²) in [5.41, 5.74) is 6.49. The molecule has 2 aliphatic rings. The van der Waals surface area contributed by atoms with Crippen molar-refractivity contribution in [2.24, 2.45) is 0 Å². The van der Waals surface area contributed by atoms with Crippen LogP contribution in [0.1, 0.15) is 25.3 Å². The quantitative estimate of drug-likeness (QED) is 0.814. The van der Waals surface area contributed by atoms with Gasteiger partial charge in [0.05, 0.1) is 11.2 Å². The number of nitrogens with two attached hydrogens (primary N) is 1. The van der Waals surface area contributed by atoms with Gasteiger partial charge in [0.2, 0.25) is 0 Å². The van der Waals surface area contributed by atoms with Gasteiger partial charge in [-0.25, -0.2) is 9.37 Å². The van der Waals surface area contributed by atoms with E-state index < -0.39 is 21.6 Å². The molecule has 2 fully saturated rings. The topological polar surface area (TPSA) is 91.6 Å². The van der Waals surface area contributed by atoms with E-state index in [4.69, 9.17) is 5.73 Å². The van der Waals surface area contributed by atoms with Crippen molar-refractivity contribution in [1.82, 2.24) is 14.6 Å². The fourth-order valence-corrected chi connectivity index (χ4v) is 6.04. The Morgan fingerprint density at radius 1 is 1.36 bits per heavy atom. The van der Waals surface area contributed by atoms with Crippen LogP contribution in [0.3, 0.4) is 0 Å². The minimum atomic E-state index is -3.70. The molecule has 0 aliphatic carbocycles. The number of anilines is 2. The van der Waals surface area contributed by atoms with Crippen LogP contribution in [0.5, 0.6) is 0 Å². The Morgan fingerprint density at radius 2 is 2.18 bits per heavy atom. The summed E-state index contributed by atoms with van der Waals surface area (Å²) in [6.07, 6.45) is 3.08. The highest BCUT2D eigenvalue weighted by molar-refractivity contribution is 7.91. The lowest BCUT2D eigenvalue weighted by atomic mass is 9.83. The highest BCUT2D eigenvalue weighted by Gasteiger charge is 2.52. The first-order chi connectivity index (χ1) is 13.3. The van der Waals surface area contributed by atoms with Gasteiger partial charge in [0, 0.05) is 31.9 Å². The van der Waals surface area contributed by atoms with Gasteiger partial charge in [0.1, 0.15) is 11.6 Å². The molecule has 3 heterocycles. The molecule has 28 heavy (non-hydrogen) atoms. The maximum absolute atomic E-state index is 13.8. The number of nitrogens with one attached hydrogen (secondary N) is 1. The summed E-state index contributed by atoms with van der Waals surface area (Å²) in [6, 6.07) is 9.68. The van der Waals surface area contributed by atoms with Crippen molar-refractivity contribution in [2.45, 2.75) is 37.9 Å². The smallest absolute Gasteiger partial charge is 0.302 e. The highest BCUT2D eigenvalue weighted by Crippen LogP contribution is 2.41. The first-order valence-corrected chi connectivity index (χ1v) is 10.7. The van der Waals surface area contributed by atoms with Crippen LogP contribution in [-0.2, 0) is 16.8 Å². The van der Waals surface area contributed by atoms with Gasteiger partial charge >= 0.3 is 10.2 Å². The maximum atomic E-state index is 13.8. The third kappa shape index (κ3) is 3.45. The number of nitrogens with zero attached hydrogens (tertiary/aromatic N) is 3. The summed E-state index contributed by atoms with van der Waals surface area (Å²) in [6.45, 7) is 3.88. The van der Waals surface area contributed by atoms with Gasteiger partial charge < -0.3 is 5.73 Å². The largest absolute Gasteiger partial charge is 0.384 e. The van der Waals surface area contributed by atoms with E-state index >= 15 is 0 Å². The molecular formula is C19H24FN5O2S. The number of hydrogen-bond donors (Lipinski definition) is 2. The average Bonchev–Trinajstić information content (AvgIpc) is 2.90. The third-order valence-electron chi connectivity index (χ3n) is 5.69. The van der Waals surface area contributed by atoms with Crippen molar-refractivity contribution in [1.29, 1.82) is 0 Å². The van der Waals surface area contributed by atoms with E-state index in [-0.39, 0.29) is 6.04 Å². The number of nitrogen functional groups attached to an aromatic ring is 1. The maximum Gasteiger partial charge on any atom is 0.302 e. The molecule has 2 aromatic rings. The molecule has 0 unspecified atom stereocenters. The number of likely N-dealkylation sites (tertiary alicyclic amines) is 1.